The fourth-order valence-corrected chi connectivity index (χ4v) is 2.89. The van der Waals surface area contributed by atoms with Crippen molar-refractivity contribution in [1.82, 2.24) is 9.80 Å². The van der Waals surface area contributed by atoms with E-state index in [0.717, 1.165) is 36.9 Å². The molecule has 0 spiro atoms. The van der Waals surface area contributed by atoms with E-state index in [9.17, 15) is 4.79 Å². The number of piperazine rings is 1. The van der Waals surface area contributed by atoms with Crippen LogP contribution in [0.5, 0.6) is 0 Å². The Bertz CT molecular complexity index is 480. The summed E-state index contributed by atoms with van der Waals surface area (Å²) in [7, 11) is 0. The van der Waals surface area contributed by atoms with E-state index in [-0.39, 0.29) is 6.03 Å². The van der Waals surface area contributed by atoms with E-state index in [1.807, 2.05) is 34.1 Å². The molecule has 114 valence electrons. The Balaban J connectivity index is 1.54. The largest absolute Gasteiger partial charge is 0.378 e. The zero-order chi connectivity index (χ0) is 14.7. The molecule has 0 radical (unpaired) electrons. The average molecular weight is 310 g/mol. The molecular weight excluding hydrogens is 290 g/mol. The van der Waals surface area contributed by atoms with Gasteiger partial charge in [0.25, 0.3) is 0 Å². The highest BCUT2D eigenvalue weighted by Gasteiger charge is 2.26. The number of morpholine rings is 1. The van der Waals surface area contributed by atoms with E-state index in [0.29, 0.717) is 26.3 Å². The van der Waals surface area contributed by atoms with Gasteiger partial charge in [-0.1, -0.05) is 11.6 Å². The van der Waals surface area contributed by atoms with E-state index < -0.39 is 0 Å². The summed E-state index contributed by atoms with van der Waals surface area (Å²) in [6.45, 7) is 5.95. The molecule has 0 unspecified atom stereocenters. The van der Waals surface area contributed by atoms with Crippen LogP contribution in [-0.4, -0.2) is 68.3 Å². The minimum absolute atomic E-state index is 0.147. The van der Waals surface area contributed by atoms with E-state index in [1.54, 1.807) is 0 Å². The first-order valence-corrected chi connectivity index (χ1v) is 7.74. The van der Waals surface area contributed by atoms with Crippen LogP contribution in [0.4, 0.5) is 10.5 Å². The maximum atomic E-state index is 12.4. The van der Waals surface area contributed by atoms with Gasteiger partial charge in [-0.25, -0.2) is 4.79 Å². The van der Waals surface area contributed by atoms with Crippen LogP contribution in [0.3, 0.4) is 0 Å². The lowest BCUT2D eigenvalue weighted by molar-refractivity contribution is 0.0428. The number of carbonyl (C=O) groups excluding carboxylic acids is 1. The average Bonchev–Trinajstić information content (AvgIpc) is 2.56. The number of anilines is 1. The van der Waals surface area contributed by atoms with Crippen molar-refractivity contribution in [3.63, 3.8) is 0 Å². The van der Waals surface area contributed by atoms with Gasteiger partial charge < -0.3 is 19.4 Å². The van der Waals surface area contributed by atoms with Crippen molar-refractivity contribution < 1.29 is 9.53 Å². The fourth-order valence-electron chi connectivity index (χ4n) is 2.76. The van der Waals surface area contributed by atoms with E-state index in [2.05, 4.69) is 4.90 Å². The number of ether oxygens (including phenoxy) is 1. The second-order valence-electron chi connectivity index (χ2n) is 5.33. The van der Waals surface area contributed by atoms with Crippen LogP contribution in [0, 0.1) is 0 Å². The number of urea groups is 1. The number of benzene rings is 1. The molecule has 1 aromatic carbocycles. The van der Waals surface area contributed by atoms with Crippen LogP contribution >= 0.6 is 11.6 Å². The summed E-state index contributed by atoms with van der Waals surface area (Å²) in [5.41, 5.74) is 1.16. The van der Waals surface area contributed by atoms with Crippen molar-refractivity contribution >= 4 is 23.3 Å². The molecule has 2 heterocycles. The second-order valence-corrected chi connectivity index (χ2v) is 5.77. The number of nitrogens with zero attached hydrogens (tertiary/aromatic N) is 3. The van der Waals surface area contributed by atoms with Crippen LogP contribution in [0.25, 0.3) is 0 Å². The molecule has 2 aliphatic heterocycles. The van der Waals surface area contributed by atoms with Crippen molar-refractivity contribution in [2.45, 2.75) is 0 Å². The molecule has 0 saturated carbocycles. The van der Waals surface area contributed by atoms with Crippen molar-refractivity contribution in [2.24, 2.45) is 0 Å². The molecule has 21 heavy (non-hydrogen) atoms. The Kier molecular flexibility index (Phi) is 4.51. The monoisotopic (exact) mass is 309 g/mol. The maximum Gasteiger partial charge on any atom is 0.320 e. The second kappa shape index (κ2) is 6.54. The minimum atomic E-state index is 0.147. The highest BCUT2D eigenvalue weighted by molar-refractivity contribution is 6.30. The van der Waals surface area contributed by atoms with Gasteiger partial charge >= 0.3 is 6.03 Å². The van der Waals surface area contributed by atoms with Gasteiger partial charge in [0.15, 0.2) is 0 Å². The summed E-state index contributed by atoms with van der Waals surface area (Å²) in [6, 6.07) is 8.02. The Morgan fingerprint density at radius 1 is 0.905 bits per heavy atom. The predicted molar refractivity (Wildman–Crippen MR) is 83.0 cm³/mol. The predicted octanol–water partition coefficient (Wildman–Crippen LogP) is 1.91. The molecule has 0 N–H and O–H groups in total. The molecule has 0 bridgehead atoms. The lowest BCUT2D eigenvalue weighted by atomic mass is 10.2. The van der Waals surface area contributed by atoms with Crippen LogP contribution in [0.15, 0.2) is 24.3 Å². The summed E-state index contributed by atoms with van der Waals surface area (Å²) in [4.78, 5) is 18.5. The Morgan fingerprint density at radius 2 is 1.48 bits per heavy atom. The molecule has 2 amide bonds. The molecule has 1 aromatic rings. The standard InChI is InChI=1S/C15H20ClN3O2/c16-13-1-3-14(4-2-13)17-5-7-18(8-6-17)15(20)19-9-11-21-12-10-19/h1-4H,5-12H2. The summed E-state index contributed by atoms with van der Waals surface area (Å²) in [5.74, 6) is 0. The summed E-state index contributed by atoms with van der Waals surface area (Å²) in [5, 5.41) is 0.750. The zero-order valence-electron chi connectivity index (χ0n) is 12.0. The number of rotatable bonds is 1. The van der Waals surface area contributed by atoms with Crippen molar-refractivity contribution in [3.8, 4) is 0 Å². The first-order valence-electron chi connectivity index (χ1n) is 7.36. The van der Waals surface area contributed by atoms with Crippen LogP contribution in [-0.2, 0) is 4.74 Å². The molecular formula is C15H20ClN3O2. The lowest BCUT2D eigenvalue weighted by Gasteiger charge is -2.39. The van der Waals surface area contributed by atoms with Gasteiger partial charge in [-0.05, 0) is 24.3 Å². The molecule has 5 nitrogen and oxygen atoms in total. The third-order valence-electron chi connectivity index (χ3n) is 4.02. The molecule has 2 fully saturated rings. The van der Waals surface area contributed by atoms with Gasteiger partial charge in [0.2, 0.25) is 0 Å². The highest BCUT2D eigenvalue weighted by atomic mass is 35.5. The SMILES string of the molecule is O=C(N1CCOCC1)N1CCN(c2ccc(Cl)cc2)CC1. The first kappa shape index (κ1) is 14.5. The lowest BCUT2D eigenvalue weighted by Crippen LogP contribution is -2.54. The smallest absolute Gasteiger partial charge is 0.320 e. The first-order chi connectivity index (χ1) is 10.2. The zero-order valence-corrected chi connectivity index (χ0v) is 12.8. The van der Waals surface area contributed by atoms with Gasteiger partial charge in [-0.15, -0.1) is 0 Å². The van der Waals surface area contributed by atoms with E-state index >= 15 is 0 Å². The minimum Gasteiger partial charge on any atom is -0.378 e. The number of halogens is 1. The molecule has 0 atom stereocenters. The van der Waals surface area contributed by atoms with Gasteiger partial charge in [0, 0.05) is 50.0 Å². The van der Waals surface area contributed by atoms with E-state index in [4.69, 9.17) is 16.3 Å². The van der Waals surface area contributed by atoms with Gasteiger partial charge in [-0.3, -0.25) is 0 Å². The van der Waals surface area contributed by atoms with Gasteiger partial charge in [0.05, 0.1) is 13.2 Å². The summed E-state index contributed by atoms with van der Waals surface area (Å²) >= 11 is 5.91. The Labute approximate surface area is 130 Å². The van der Waals surface area contributed by atoms with Crippen LogP contribution in [0.1, 0.15) is 0 Å². The molecule has 6 heteroatoms. The van der Waals surface area contributed by atoms with Crippen LogP contribution in [0.2, 0.25) is 5.02 Å². The maximum absolute atomic E-state index is 12.4. The fraction of sp³-hybridized carbons (Fsp3) is 0.533. The third kappa shape index (κ3) is 3.41. The molecule has 0 aliphatic carbocycles. The third-order valence-corrected chi connectivity index (χ3v) is 4.28. The summed E-state index contributed by atoms with van der Waals surface area (Å²) in [6.07, 6.45) is 0. The van der Waals surface area contributed by atoms with E-state index in [1.165, 1.54) is 0 Å². The van der Waals surface area contributed by atoms with Gasteiger partial charge in [0.1, 0.15) is 0 Å². The molecule has 2 saturated heterocycles. The number of amides is 2. The highest BCUT2D eigenvalue weighted by Crippen LogP contribution is 2.19. The van der Waals surface area contributed by atoms with Crippen molar-refractivity contribution in [2.75, 3.05) is 57.4 Å². The van der Waals surface area contributed by atoms with Crippen molar-refractivity contribution in [1.29, 1.82) is 0 Å². The topological polar surface area (TPSA) is 36.0 Å². The molecule has 0 aromatic heterocycles. The van der Waals surface area contributed by atoms with Crippen molar-refractivity contribution in [3.05, 3.63) is 29.3 Å². The summed E-state index contributed by atoms with van der Waals surface area (Å²) < 4.78 is 5.29. The molecule has 2 aliphatic rings. The number of hydrogen-bond acceptors (Lipinski definition) is 3. The van der Waals surface area contributed by atoms with Crippen LogP contribution < -0.4 is 4.90 Å². The molecule has 3 rings (SSSR count). The Morgan fingerprint density at radius 3 is 2.10 bits per heavy atom. The Hall–Kier alpha value is -1.46. The number of hydrogen-bond donors (Lipinski definition) is 0. The number of carbonyl (C=O) groups is 1. The normalized spacial score (nSPS) is 19.8. The quantitative estimate of drug-likeness (QED) is 0.795. The van der Waals surface area contributed by atoms with Gasteiger partial charge in [-0.2, -0.15) is 0 Å².